The van der Waals surface area contributed by atoms with Gasteiger partial charge < -0.3 is 0 Å². The summed E-state index contributed by atoms with van der Waals surface area (Å²) in [5, 5.41) is 0. The molecule has 0 amide bonds. The highest BCUT2D eigenvalue weighted by molar-refractivity contribution is 4.77. The van der Waals surface area contributed by atoms with Gasteiger partial charge in [-0.05, 0) is 19.3 Å². The molecule has 0 saturated heterocycles. The summed E-state index contributed by atoms with van der Waals surface area (Å²) in [7, 11) is 0. The van der Waals surface area contributed by atoms with Gasteiger partial charge >= 0.3 is 0 Å². The average molecular weight is 153 g/mol. The molecule has 0 heteroatoms. The molecule has 0 aromatic heterocycles. The van der Waals surface area contributed by atoms with Gasteiger partial charge in [-0.3, -0.25) is 0 Å². The van der Waals surface area contributed by atoms with Crippen LogP contribution in [0.25, 0.3) is 0 Å². The van der Waals surface area contributed by atoms with E-state index in [4.69, 9.17) is 0 Å². The molecule has 1 radical (unpaired) electrons. The molecule has 0 aromatic rings. The third-order valence-electron chi connectivity index (χ3n) is 1.85. The van der Waals surface area contributed by atoms with Crippen LogP contribution in [-0.2, 0) is 0 Å². The summed E-state index contributed by atoms with van der Waals surface area (Å²) in [5.41, 5.74) is 0. The minimum Gasteiger partial charge on any atom is -0.103 e. The fourth-order valence-electron chi connectivity index (χ4n) is 1.13. The zero-order valence-electron chi connectivity index (χ0n) is 7.81. The van der Waals surface area contributed by atoms with E-state index in [1.807, 2.05) is 6.08 Å². The van der Waals surface area contributed by atoms with Crippen molar-refractivity contribution in [2.75, 3.05) is 0 Å². The molecule has 0 N–H and O–H groups in total. The van der Waals surface area contributed by atoms with Gasteiger partial charge in [0.25, 0.3) is 0 Å². The molecule has 0 nitrogen and oxygen atoms in total. The lowest BCUT2D eigenvalue weighted by molar-refractivity contribution is 0.626. The van der Waals surface area contributed by atoms with Crippen molar-refractivity contribution >= 4 is 0 Å². The third-order valence-corrected chi connectivity index (χ3v) is 1.85. The van der Waals surface area contributed by atoms with E-state index < -0.39 is 0 Å². The van der Waals surface area contributed by atoms with Crippen LogP contribution in [0, 0.1) is 6.42 Å². The maximum atomic E-state index is 3.68. The Kier molecular flexibility index (Phi) is 9.51. The van der Waals surface area contributed by atoms with E-state index in [1.54, 1.807) is 0 Å². The zero-order valence-corrected chi connectivity index (χ0v) is 7.81. The monoisotopic (exact) mass is 153 g/mol. The normalized spacial score (nSPS) is 9.91. The first kappa shape index (κ1) is 10.7. The van der Waals surface area contributed by atoms with Gasteiger partial charge in [-0.2, -0.15) is 0 Å². The van der Waals surface area contributed by atoms with Crippen LogP contribution in [0.5, 0.6) is 0 Å². The van der Waals surface area contributed by atoms with Gasteiger partial charge in [-0.1, -0.05) is 45.1 Å². The SMILES string of the molecule is C=CC[CH]CCCCCCC. The highest BCUT2D eigenvalue weighted by atomic mass is 13.9. The molecule has 11 heavy (non-hydrogen) atoms. The Morgan fingerprint density at radius 3 is 2.45 bits per heavy atom. The van der Waals surface area contributed by atoms with Crippen molar-refractivity contribution in [3.8, 4) is 0 Å². The first-order valence-corrected chi connectivity index (χ1v) is 4.84. The van der Waals surface area contributed by atoms with Crippen molar-refractivity contribution < 1.29 is 0 Å². The largest absolute Gasteiger partial charge is 0.103 e. The summed E-state index contributed by atoms with van der Waals surface area (Å²) < 4.78 is 0. The highest BCUT2D eigenvalue weighted by Gasteiger charge is 1.88. The average Bonchev–Trinajstić information content (AvgIpc) is 2.03. The van der Waals surface area contributed by atoms with Crippen LogP contribution in [0.3, 0.4) is 0 Å². The van der Waals surface area contributed by atoms with Gasteiger partial charge in [0, 0.05) is 0 Å². The Labute approximate surface area is 71.7 Å². The first-order valence-electron chi connectivity index (χ1n) is 4.84. The van der Waals surface area contributed by atoms with Gasteiger partial charge in [-0.15, -0.1) is 6.58 Å². The summed E-state index contributed by atoms with van der Waals surface area (Å²) in [5.74, 6) is 0. The molecule has 0 bridgehead atoms. The highest BCUT2D eigenvalue weighted by Crippen LogP contribution is 2.07. The molecule has 0 aliphatic rings. The van der Waals surface area contributed by atoms with E-state index in [2.05, 4.69) is 19.9 Å². The van der Waals surface area contributed by atoms with Crippen LogP contribution in [0.2, 0.25) is 0 Å². The zero-order chi connectivity index (χ0) is 8.36. The Balaban J connectivity index is 2.74. The molecular formula is C11H21. The number of hydrogen-bond donors (Lipinski definition) is 0. The minimum absolute atomic E-state index is 1.08. The second-order valence-electron chi connectivity index (χ2n) is 3.02. The summed E-state index contributed by atoms with van der Waals surface area (Å²) in [4.78, 5) is 0. The van der Waals surface area contributed by atoms with E-state index in [1.165, 1.54) is 38.5 Å². The standard InChI is InChI=1S/C11H21/c1-3-5-7-9-11-10-8-6-4-2/h3,7H,1,4-6,8-11H2,2H3. The van der Waals surface area contributed by atoms with Crippen LogP contribution >= 0.6 is 0 Å². The van der Waals surface area contributed by atoms with Crippen molar-refractivity contribution in [3.05, 3.63) is 19.1 Å². The van der Waals surface area contributed by atoms with E-state index >= 15 is 0 Å². The Hall–Kier alpha value is -0.260. The number of rotatable bonds is 8. The molecule has 0 saturated carbocycles. The van der Waals surface area contributed by atoms with Gasteiger partial charge in [0.15, 0.2) is 0 Å². The lowest BCUT2D eigenvalue weighted by Crippen LogP contribution is -1.79. The third kappa shape index (κ3) is 9.74. The summed E-state index contributed by atoms with van der Waals surface area (Å²) in [6.07, 6.45) is 13.6. The Morgan fingerprint density at radius 1 is 1.09 bits per heavy atom. The number of unbranched alkanes of at least 4 members (excludes halogenated alkanes) is 7. The molecule has 0 aliphatic carbocycles. The molecule has 0 heterocycles. The van der Waals surface area contributed by atoms with Gasteiger partial charge in [0.05, 0.1) is 0 Å². The van der Waals surface area contributed by atoms with Crippen molar-refractivity contribution in [2.24, 2.45) is 0 Å². The van der Waals surface area contributed by atoms with E-state index in [0.717, 1.165) is 6.42 Å². The summed E-state index contributed by atoms with van der Waals surface area (Å²) >= 11 is 0. The molecular weight excluding hydrogens is 132 g/mol. The second kappa shape index (κ2) is 9.74. The molecule has 0 aliphatic heterocycles. The van der Waals surface area contributed by atoms with Crippen LogP contribution in [0.4, 0.5) is 0 Å². The molecule has 0 aromatic carbocycles. The molecule has 0 unspecified atom stereocenters. The predicted molar refractivity (Wildman–Crippen MR) is 52.5 cm³/mol. The van der Waals surface area contributed by atoms with Crippen LogP contribution in [-0.4, -0.2) is 0 Å². The quantitative estimate of drug-likeness (QED) is 0.363. The summed E-state index contributed by atoms with van der Waals surface area (Å²) in [6, 6.07) is 0. The van der Waals surface area contributed by atoms with Gasteiger partial charge in [0.1, 0.15) is 0 Å². The van der Waals surface area contributed by atoms with Crippen LogP contribution in [0.15, 0.2) is 12.7 Å². The first-order chi connectivity index (χ1) is 5.41. The fourth-order valence-corrected chi connectivity index (χ4v) is 1.13. The minimum atomic E-state index is 1.08. The lowest BCUT2D eigenvalue weighted by atomic mass is 10.1. The van der Waals surface area contributed by atoms with Gasteiger partial charge in [0.2, 0.25) is 0 Å². The Bertz CT molecular complexity index is 74.1. The maximum Gasteiger partial charge on any atom is -0.0322 e. The Morgan fingerprint density at radius 2 is 1.82 bits per heavy atom. The maximum absolute atomic E-state index is 3.68. The van der Waals surface area contributed by atoms with Crippen molar-refractivity contribution in [2.45, 2.75) is 51.9 Å². The van der Waals surface area contributed by atoms with Crippen LogP contribution in [0.1, 0.15) is 51.9 Å². The van der Waals surface area contributed by atoms with Crippen LogP contribution < -0.4 is 0 Å². The van der Waals surface area contributed by atoms with Crippen molar-refractivity contribution in [3.63, 3.8) is 0 Å². The van der Waals surface area contributed by atoms with Gasteiger partial charge in [-0.25, -0.2) is 0 Å². The summed E-state index contributed by atoms with van der Waals surface area (Å²) in [6.45, 7) is 5.93. The molecule has 65 valence electrons. The molecule has 0 fully saturated rings. The molecule has 0 rings (SSSR count). The van der Waals surface area contributed by atoms with Crippen molar-refractivity contribution in [1.29, 1.82) is 0 Å². The molecule has 0 atom stereocenters. The van der Waals surface area contributed by atoms with E-state index in [0.29, 0.717) is 0 Å². The fraction of sp³-hybridized carbons (Fsp3) is 0.727. The second-order valence-corrected chi connectivity index (χ2v) is 3.02. The number of hydrogen-bond acceptors (Lipinski definition) is 0. The van der Waals surface area contributed by atoms with E-state index in [-0.39, 0.29) is 0 Å². The lowest BCUT2D eigenvalue weighted by Gasteiger charge is -1.97. The number of allylic oxidation sites excluding steroid dienone is 1. The van der Waals surface area contributed by atoms with Crippen molar-refractivity contribution in [1.82, 2.24) is 0 Å². The predicted octanol–water partition coefficient (Wildman–Crippen LogP) is 4.13. The van der Waals surface area contributed by atoms with E-state index in [9.17, 15) is 0 Å². The topological polar surface area (TPSA) is 0 Å². The smallest absolute Gasteiger partial charge is 0.0322 e. The molecule has 0 spiro atoms.